The van der Waals surface area contributed by atoms with E-state index in [0.717, 1.165) is 5.56 Å². The molecule has 0 fully saturated rings. The minimum atomic E-state index is -1.22. The van der Waals surface area contributed by atoms with Gasteiger partial charge in [0.2, 0.25) is 0 Å². The van der Waals surface area contributed by atoms with Gasteiger partial charge in [-0.05, 0) is 42.0 Å². The van der Waals surface area contributed by atoms with Crippen LogP contribution in [0.3, 0.4) is 0 Å². The van der Waals surface area contributed by atoms with Gasteiger partial charge in [-0.2, -0.15) is 0 Å². The Balaban J connectivity index is 1.94. The molecule has 0 bridgehead atoms. The van der Waals surface area contributed by atoms with E-state index in [4.69, 9.17) is 16.3 Å². The van der Waals surface area contributed by atoms with Crippen molar-refractivity contribution < 1.29 is 24.5 Å². The highest BCUT2D eigenvalue weighted by Gasteiger charge is 2.22. The lowest BCUT2D eigenvalue weighted by Crippen LogP contribution is -2.32. The molecule has 1 heterocycles. The molecule has 3 rings (SSSR count). The number of benzene rings is 2. The van der Waals surface area contributed by atoms with E-state index < -0.39 is 18.0 Å². The fourth-order valence-electron chi connectivity index (χ4n) is 2.78. The van der Waals surface area contributed by atoms with Crippen LogP contribution in [-0.2, 0) is 11.2 Å². The molecule has 8 heteroatoms. The lowest BCUT2D eigenvalue weighted by molar-refractivity contribution is -0.137. The molecule has 144 valence electrons. The topological polar surface area (TPSA) is 109 Å². The number of carboxylic acid groups (broad SMARTS) is 2. The van der Waals surface area contributed by atoms with Crippen LogP contribution in [-0.4, -0.2) is 40.3 Å². The van der Waals surface area contributed by atoms with Gasteiger partial charge in [0.1, 0.15) is 23.2 Å². The number of aromatic carboxylic acids is 1. The summed E-state index contributed by atoms with van der Waals surface area (Å²) < 4.78 is 5.09. The van der Waals surface area contributed by atoms with E-state index >= 15 is 0 Å². The van der Waals surface area contributed by atoms with Crippen molar-refractivity contribution >= 4 is 40.3 Å². The number of ether oxygens (including phenoxy) is 1. The summed E-state index contributed by atoms with van der Waals surface area (Å²) in [5.41, 5.74) is 1.13. The Kier molecular flexibility index (Phi) is 5.65. The molecule has 1 aromatic heterocycles. The number of halogens is 1. The number of nitrogens with one attached hydrogen (secondary N) is 1. The van der Waals surface area contributed by atoms with Gasteiger partial charge in [-0.25, -0.2) is 14.6 Å². The Bertz CT molecular complexity index is 1040. The number of methoxy groups -OCH3 is 1. The predicted octanol–water partition coefficient (Wildman–Crippen LogP) is 3.70. The zero-order valence-corrected chi connectivity index (χ0v) is 15.6. The Morgan fingerprint density at radius 2 is 1.86 bits per heavy atom. The summed E-state index contributed by atoms with van der Waals surface area (Å²) >= 11 is 5.95. The summed E-state index contributed by atoms with van der Waals surface area (Å²) in [6, 6.07) is 12.2. The molecule has 3 aromatic rings. The third-order valence-electron chi connectivity index (χ3n) is 4.22. The summed E-state index contributed by atoms with van der Waals surface area (Å²) in [7, 11) is 1.54. The van der Waals surface area contributed by atoms with Crippen LogP contribution in [0.1, 0.15) is 15.9 Å². The standard InChI is InChI=1S/C20H17ClN2O5/c1-28-14-5-2-11(3-6-14)8-17(20(26)27)23-18-15(19(24)25)10-12-9-13(21)4-7-16(12)22-18/h2-7,9-10,17H,8H2,1H3,(H,22,23)(H,24,25)(H,26,27)/t17-/m0/s1. The molecule has 2 aromatic carbocycles. The summed E-state index contributed by atoms with van der Waals surface area (Å²) in [6.45, 7) is 0. The second kappa shape index (κ2) is 8.14. The normalized spacial score (nSPS) is 11.8. The van der Waals surface area contributed by atoms with Crippen LogP contribution >= 0.6 is 11.6 Å². The Morgan fingerprint density at radius 1 is 1.14 bits per heavy atom. The monoisotopic (exact) mass is 400 g/mol. The average molecular weight is 401 g/mol. The smallest absolute Gasteiger partial charge is 0.339 e. The van der Waals surface area contributed by atoms with E-state index in [1.54, 1.807) is 49.6 Å². The number of hydrogen-bond acceptors (Lipinski definition) is 5. The largest absolute Gasteiger partial charge is 0.497 e. The van der Waals surface area contributed by atoms with E-state index in [-0.39, 0.29) is 17.8 Å². The van der Waals surface area contributed by atoms with Crippen molar-refractivity contribution in [3.8, 4) is 5.75 Å². The second-order valence-corrected chi connectivity index (χ2v) is 6.55. The van der Waals surface area contributed by atoms with Crippen molar-refractivity contribution in [1.29, 1.82) is 0 Å². The Morgan fingerprint density at radius 3 is 2.46 bits per heavy atom. The van der Waals surface area contributed by atoms with Gasteiger partial charge in [-0.1, -0.05) is 23.7 Å². The van der Waals surface area contributed by atoms with Gasteiger partial charge in [0.15, 0.2) is 0 Å². The highest BCUT2D eigenvalue weighted by Crippen LogP contribution is 2.24. The number of carboxylic acids is 2. The number of aliphatic carboxylic acids is 1. The van der Waals surface area contributed by atoms with Crippen LogP contribution in [0, 0.1) is 0 Å². The first-order valence-electron chi connectivity index (χ1n) is 8.33. The van der Waals surface area contributed by atoms with Crippen molar-refractivity contribution in [1.82, 2.24) is 4.98 Å². The van der Waals surface area contributed by atoms with Crippen LogP contribution < -0.4 is 10.1 Å². The van der Waals surface area contributed by atoms with E-state index in [1.807, 2.05) is 0 Å². The second-order valence-electron chi connectivity index (χ2n) is 6.11. The maximum Gasteiger partial charge on any atom is 0.339 e. The SMILES string of the molecule is COc1ccc(C[C@H](Nc2nc3ccc(Cl)cc3cc2C(=O)O)C(=O)O)cc1. The number of carbonyl (C=O) groups is 2. The number of anilines is 1. The van der Waals surface area contributed by atoms with Gasteiger partial charge in [0.25, 0.3) is 0 Å². The lowest BCUT2D eigenvalue weighted by Gasteiger charge is -2.17. The number of fused-ring (bicyclic) bond motifs is 1. The molecule has 3 N–H and O–H groups in total. The maximum atomic E-state index is 11.7. The van der Waals surface area contributed by atoms with E-state index in [0.29, 0.717) is 21.7 Å². The van der Waals surface area contributed by atoms with Crippen molar-refractivity contribution in [2.45, 2.75) is 12.5 Å². The zero-order chi connectivity index (χ0) is 20.3. The van der Waals surface area contributed by atoms with Gasteiger partial charge in [-0.3, -0.25) is 0 Å². The summed E-state index contributed by atoms with van der Waals surface area (Å²) in [5, 5.41) is 22.9. The summed E-state index contributed by atoms with van der Waals surface area (Å²) in [6.07, 6.45) is 0.138. The van der Waals surface area contributed by atoms with Gasteiger partial charge >= 0.3 is 11.9 Å². The maximum absolute atomic E-state index is 11.7. The van der Waals surface area contributed by atoms with Crippen molar-refractivity contribution in [3.05, 3.63) is 64.7 Å². The van der Waals surface area contributed by atoms with Gasteiger partial charge in [0, 0.05) is 16.8 Å². The molecule has 0 spiro atoms. The van der Waals surface area contributed by atoms with Crippen molar-refractivity contribution in [3.63, 3.8) is 0 Å². The number of hydrogen-bond donors (Lipinski definition) is 3. The summed E-state index contributed by atoms with van der Waals surface area (Å²) in [4.78, 5) is 27.7. The van der Waals surface area contributed by atoms with Crippen molar-refractivity contribution in [2.75, 3.05) is 12.4 Å². The molecule has 0 unspecified atom stereocenters. The molecule has 0 amide bonds. The molecule has 0 aliphatic heterocycles. The van der Waals surface area contributed by atoms with Gasteiger partial charge in [-0.15, -0.1) is 0 Å². The summed E-state index contributed by atoms with van der Waals surface area (Å²) in [5.74, 6) is -1.69. The molecule has 0 saturated carbocycles. The molecule has 0 radical (unpaired) electrons. The van der Waals surface area contributed by atoms with Crippen LogP contribution in [0.2, 0.25) is 5.02 Å². The van der Waals surface area contributed by atoms with Crippen LogP contribution in [0.5, 0.6) is 5.75 Å². The van der Waals surface area contributed by atoms with E-state index in [9.17, 15) is 19.8 Å². The first-order valence-corrected chi connectivity index (χ1v) is 8.71. The van der Waals surface area contributed by atoms with Gasteiger partial charge in [0.05, 0.1) is 12.6 Å². The molecular formula is C20H17ClN2O5. The average Bonchev–Trinajstić information content (AvgIpc) is 2.67. The quantitative estimate of drug-likeness (QED) is 0.554. The third-order valence-corrected chi connectivity index (χ3v) is 4.45. The molecule has 7 nitrogen and oxygen atoms in total. The first kappa shape index (κ1) is 19.4. The fraction of sp³-hybridized carbons (Fsp3) is 0.150. The fourth-order valence-corrected chi connectivity index (χ4v) is 2.96. The highest BCUT2D eigenvalue weighted by atomic mass is 35.5. The first-order chi connectivity index (χ1) is 13.4. The molecule has 0 saturated heterocycles. The van der Waals surface area contributed by atoms with Gasteiger partial charge < -0.3 is 20.3 Å². The van der Waals surface area contributed by atoms with E-state index in [2.05, 4.69) is 10.3 Å². The predicted molar refractivity (Wildman–Crippen MR) is 105 cm³/mol. The third kappa shape index (κ3) is 4.32. The molecule has 1 atom stereocenters. The van der Waals surface area contributed by atoms with Crippen LogP contribution in [0.15, 0.2) is 48.5 Å². The zero-order valence-electron chi connectivity index (χ0n) is 14.8. The minimum absolute atomic E-state index is 0.0109. The number of rotatable bonds is 7. The Hall–Kier alpha value is -3.32. The molecule has 28 heavy (non-hydrogen) atoms. The van der Waals surface area contributed by atoms with Crippen LogP contribution in [0.25, 0.3) is 10.9 Å². The van der Waals surface area contributed by atoms with Crippen LogP contribution in [0.4, 0.5) is 5.82 Å². The number of nitrogens with zero attached hydrogens (tertiary/aromatic N) is 1. The van der Waals surface area contributed by atoms with Crippen molar-refractivity contribution in [2.24, 2.45) is 0 Å². The highest BCUT2D eigenvalue weighted by molar-refractivity contribution is 6.31. The number of pyridine rings is 1. The van der Waals surface area contributed by atoms with E-state index in [1.165, 1.54) is 6.07 Å². The number of aromatic nitrogens is 1. The Labute approximate surface area is 165 Å². The minimum Gasteiger partial charge on any atom is -0.497 e. The molecular weight excluding hydrogens is 384 g/mol. The molecule has 0 aliphatic carbocycles. The lowest BCUT2D eigenvalue weighted by atomic mass is 10.0. The molecule has 0 aliphatic rings.